The maximum absolute atomic E-state index is 11.5. The second kappa shape index (κ2) is 6.07. The Hall–Kier alpha value is -1.62. The predicted octanol–water partition coefficient (Wildman–Crippen LogP) is 0.696. The third-order valence-electron chi connectivity index (χ3n) is 2.09. The number of hydrogen-bond donors (Lipinski definition) is 2. The van der Waals surface area contributed by atoms with Crippen LogP contribution in [0.2, 0.25) is 0 Å². The Balaban J connectivity index is 2.69. The van der Waals surface area contributed by atoms with Crippen LogP contribution in [0.15, 0.2) is 18.3 Å². The third-order valence-corrected chi connectivity index (χ3v) is 2.09. The van der Waals surface area contributed by atoms with Crippen LogP contribution in [0, 0.1) is 0 Å². The van der Waals surface area contributed by atoms with Crippen LogP contribution in [-0.2, 0) is 4.79 Å². The van der Waals surface area contributed by atoms with Gasteiger partial charge in [-0.1, -0.05) is 0 Å². The van der Waals surface area contributed by atoms with Gasteiger partial charge >= 0.3 is 0 Å². The lowest BCUT2D eigenvalue weighted by Gasteiger charge is -2.16. The first-order valence-electron chi connectivity index (χ1n) is 5.22. The van der Waals surface area contributed by atoms with E-state index in [1.54, 1.807) is 12.3 Å². The fourth-order valence-electron chi connectivity index (χ4n) is 1.30. The van der Waals surface area contributed by atoms with Gasteiger partial charge in [-0.05, 0) is 19.2 Å². The highest BCUT2D eigenvalue weighted by atomic mass is 16.1. The van der Waals surface area contributed by atoms with Crippen molar-refractivity contribution in [1.82, 2.24) is 10.3 Å². The number of aromatic nitrogens is 1. The molecule has 0 saturated carbocycles. The SMILES string of the molecule is CNCCC(=O)Nc1cccnc1N(C)C. The lowest BCUT2D eigenvalue weighted by molar-refractivity contribution is -0.116. The van der Waals surface area contributed by atoms with Gasteiger partial charge in [0.25, 0.3) is 0 Å². The standard InChI is InChI=1S/C11H18N4O/c1-12-8-6-10(16)14-9-5-4-7-13-11(9)15(2)3/h4-5,7,12H,6,8H2,1-3H3,(H,14,16). The summed E-state index contributed by atoms with van der Waals surface area (Å²) in [4.78, 5) is 17.6. The van der Waals surface area contributed by atoms with Gasteiger partial charge in [0.1, 0.15) is 0 Å². The second-order valence-electron chi connectivity index (χ2n) is 3.67. The van der Waals surface area contributed by atoms with Gasteiger partial charge in [-0.15, -0.1) is 0 Å². The summed E-state index contributed by atoms with van der Waals surface area (Å²) in [6.45, 7) is 0.670. The van der Waals surface area contributed by atoms with Crippen molar-refractivity contribution >= 4 is 17.4 Å². The van der Waals surface area contributed by atoms with Crippen molar-refractivity contribution in [3.05, 3.63) is 18.3 Å². The lowest BCUT2D eigenvalue weighted by atomic mass is 10.3. The molecule has 0 atom stereocenters. The number of carbonyl (C=O) groups is 1. The fourth-order valence-corrected chi connectivity index (χ4v) is 1.30. The van der Waals surface area contributed by atoms with Crippen LogP contribution < -0.4 is 15.5 Å². The quantitative estimate of drug-likeness (QED) is 0.770. The van der Waals surface area contributed by atoms with E-state index in [9.17, 15) is 4.79 Å². The van der Waals surface area contributed by atoms with E-state index in [0.29, 0.717) is 13.0 Å². The van der Waals surface area contributed by atoms with Crippen LogP contribution >= 0.6 is 0 Å². The van der Waals surface area contributed by atoms with Crippen LogP contribution in [0.5, 0.6) is 0 Å². The molecule has 0 aliphatic carbocycles. The summed E-state index contributed by atoms with van der Waals surface area (Å²) in [5.74, 6) is 0.755. The zero-order valence-electron chi connectivity index (χ0n) is 9.95. The molecule has 0 bridgehead atoms. The van der Waals surface area contributed by atoms with Crippen molar-refractivity contribution < 1.29 is 4.79 Å². The van der Waals surface area contributed by atoms with Crippen molar-refractivity contribution in [3.63, 3.8) is 0 Å². The Labute approximate surface area is 95.9 Å². The number of pyridine rings is 1. The molecule has 16 heavy (non-hydrogen) atoms. The average Bonchev–Trinajstić information content (AvgIpc) is 2.27. The Morgan fingerprint density at radius 3 is 2.88 bits per heavy atom. The van der Waals surface area contributed by atoms with Crippen molar-refractivity contribution in [2.75, 3.05) is 37.9 Å². The molecule has 1 heterocycles. The molecule has 5 heteroatoms. The number of nitrogens with zero attached hydrogens (tertiary/aromatic N) is 2. The fraction of sp³-hybridized carbons (Fsp3) is 0.455. The summed E-state index contributed by atoms with van der Waals surface area (Å²) >= 11 is 0. The Kier molecular flexibility index (Phi) is 4.72. The summed E-state index contributed by atoms with van der Waals surface area (Å²) in [7, 11) is 5.61. The molecule has 2 N–H and O–H groups in total. The molecule has 0 aromatic carbocycles. The summed E-state index contributed by atoms with van der Waals surface area (Å²) in [6, 6.07) is 3.65. The van der Waals surface area contributed by atoms with Gasteiger partial charge in [0.2, 0.25) is 5.91 Å². The minimum atomic E-state index is -0.00884. The zero-order chi connectivity index (χ0) is 12.0. The van der Waals surface area contributed by atoms with E-state index < -0.39 is 0 Å². The first-order valence-corrected chi connectivity index (χ1v) is 5.22. The molecule has 0 aliphatic heterocycles. The largest absolute Gasteiger partial charge is 0.361 e. The van der Waals surface area contributed by atoms with Crippen LogP contribution in [0.25, 0.3) is 0 Å². The van der Waals surface area contributed by atoms with E-state index >= 15 is 0 Å². The first kappa shape index (κ1) is 12.4. The van der Waals surface area contributed by atoms with Gasteiger partial charge in [-0.3, -0.25) is 4.79 Å². The molecule has 88 valence electrons. The highest BCUT2D eigenvalue weighted by Crippen LogP contribution is 2.20. The molecule has 0 fully saturated rings. The third kappa shape index (κ3) is 3.51. The Bertz CT molecular complexity index is 352. The number of amides is 1. The number of anilines is 2. The van der Waals surface area contributed by atoms with E-state index in [1.165, 1.54) is 0 Å². The van der Waals surface area contributed by atoms with Crippen LogP contribution in [0.3, 0.4) is 0 Å². The van der Waals surface area contributed by atoms with Crippen LogP contribution in [-0.4, -0.2) is 38.6 Å². The summed E-state index contributed by atoms with van der Waals surface area (Å²) < 4.78 is 0. The van der Waals surface area contributed by atoms with Gasteiger partial charge < -0.3 is 15.5 Å². The number of rotatable bonds is 5. The smallest absolute Gasteiger partial charge is 0.225 e. The second-order valence-corrected chi connectivity index (χ2v) is 3.67. The molecule has 0 saturated heterocycles. The number of hydrogen-bond acceptors (Lipinski definition) is 4. The van der Waals surface area contributed by atoms with Gasteiger partial charge in [0.05, 0.1) is 5.69 Å². The minimum Gasteiger partial charge on any atom is -0.361 e. The molecule has 1 rings (SSSR count). The molecule has 5 nitrogen and oxygen atoms in total. The highest BCUT2D eigenvalue weighted by molar-refractivity contribution is 5.93. The molecule has 1 aromatic heterocycles. The molecule has 1 amide bonds. The monoisotopic (exact) mass is 222 g/mol. The number of carbonyl (C=O) groups excluding carboxylic acids is 1. The van der Waals surface area contributed by atoms with E-state index in [4.69, 9.17) is 0 Å². The molecule has 0 radical (unpaired) electrons. The molecule has 0 unspecified atom stereocenters. The normalized spacial score (nSPS) is 9.94. The van der Waals surface area contributed by atoms with E-state index in [1.807, 2.05) is 32.1 Å². The maximum atomic E-state index is 11.5. The Morgan fingerprint density at radius 2 is 2.25 bits per heavy atom. The number of nitrogens with one attached hydrogen (secondary N) is 2. The average molecular weight is 222 g/mol. The van der Waals surface area contributed by atoms with Gasteiger partial charge in [-0.25, -0.2) is 4.98 Å². The summed E-state index contributed by atoms with van der Waals surface area (Å²) in [6.07, 6.45) is 2.16. The van der Waals surface area contributed by atoms with Gasteiger partial charge in [-0.2, -0.15) is 0 Å². The van der Waals surface area contributed by atoms with Crippen molar-refractivity contribution in [2.24, 2.45) is 0 Å². The van der Waals surface area contributed by atoms with E-state index in [-0.39, 0.29) is 5.91 Å². The molecule has 1 aromatic rings. The van der Waals surface area contributed by atoms with Gasteiger partial charge in [0.15, 0.2) is 5.82 Å². The van der Waals surface area contributed by atoms with Crippen LogP contribution in [0.4, 0.5) is 11.5 Å². The van der Waals surface area contributed by atoms with Crippen molar-refractivity contribution in [2.45, 2.75) is 6.42 Å². The maximum Gasteiger partial charge on any atom is 0.225 e. The predicted molar refractivity (Wildman–Crippen MR) is 65.7 cm³/mol. The zero-order valence-corrected chi connectivity index (χ0v) is 9.95. The van der Waals surface area contributed by atoms with Crippen molar-refractivity contribution in [1.29, 1.82) is 0 Å². The molecular weight excluding hydrogens is 204 g/mol. The van der Waals surface area contributed by atoms with Crippen molar-refractivity contribution in [3.8, 4) is 0 Å². The molecule has 0 spiro atoms. The Morgan fingerprint density at radius 1 is 1.50 bits per heavy atom. The van der Waals surface area contributed by atoms with E-state index in [0.717, 1.165) is 11.5 Å². The topological polar surface area (TPSA) is 57.3 Å². The van der Waals surface area contributed by atoms with E-state index in [2.05, 4.69) is 15.6 Å². The summed E-state index contributed by atoms with van der Waals surface area (Å²) in [5, 5.41) is 5.78. The lowest BCUT2D eigenvalue weighted by Crippen LogP contribution is -2.21. The highest BCUT2D eigenvalue weighted by Gasteiger charge is 2.08. The van der Waals surface area contributed by atoms with Crippen LogP contribution in [0.1, 0.15) is 6.42 Å². The van der Waals surface area contributed by atoms with Gasteiger partial charge in [0, 0.05) is 33.3 Å². The first-order chi connectivity index (χ1) is 7.65. The minimum absolute atomic E-state index is 0.00884. The molecular formula is C11H18N4O. The summed E-state index contributed by atoms with van der Waals surface area (Å²) in [5.41, 5.74) is 0.744. The molecule has 0 aliphatic rings.